The summed E-state index contributed by atoms with van der Waals surface area (Å²) in [7, 11) is 0. The van der Waals surface area contributed by atoms with Crippen LogP contribution in [0, 0.1) is 6.92 Å². The van der Waals surface area contributed by atoms with E-state index in [1.54, 1.807) is 12.5 Å². The highest BCUT2D eigenvalue weighted by Crippen LogP contribution is 2.40. The van der Waals surface area contributed by atoms with Crippen LogP contribution in [-0.2, 0) is 0 Å². The molecule has 0 spiro atoms. The van der Waals surface area contributed by atoms with Gasteiger partial charge in [0.25, 0.3) is 0 Å². The fourth-order valence-corrected chi connectivity index (χ4v) is 3.45. The van der Waals surface area contributed by atoms with Crippen molar-refractivity contribution in [3.63, 3.8) is 0 Å². The zero-order valence-corrected chi connectivity index (χ0v) is 14.2. The molecule has 4 aromatic rings. The molecule has 1 atom stereocenters. The van der Waals surface area contributed by atoms with Gasteiger partial charge in [0.15, 0.2) is 0 Å². The second-order valence-corrected chi connectivity index (χ2v) is 6.26. The van der Waals surface area contributed by atoms with Gasteiger partial charge in [0.2, 0.25) is 0 Å². The summed E-state index contributed by atoms with van der Waals surface area (Å²) in [6.45, 7) is 2.03. The van der Waals surface area contributed by atoms with Crippen LogP contribution in [0.2, 0.25) is 0 Å². The summed E-state index contributed by atoms with van der Waals surface area (Å²) in [4.78, 5) is 0. The number of benzene rings is 1. The number of furan rings is 2. The minimum atomic E-state index is -0.141. The van der Waals surface area contributed by atoms with Crippen LogP contribution in [0.25, 0.3) is 16.8 Å². The molecule has 5 heteroatoms. The Bertz CT molecular complexity index is 1060. The second kappa shape index (κ2) is 5.81. The van der Waals surface area contributed by atoms with E-state index >= 15 is 0 Å². The van der Waals surface area contributed by atoms with Gasteiger partial charge in [0, 0.05) is 5.56 Å². The predicted octanol–water partition coefficient (Wildman–Crippen LogP) is 5.10. The zero-order valence-electron chi connectivity index (χ0n) is 14.2. The molecule has 0 amide bonds. The molecule has 0 aliphatic carbocycles. The summed E-state index contributed by atoms with van der Waals surface area (Å²) < 4.78 is 13.3. The van der Waals surface area contributed by atoms with Gasteiger partial charge in [-0.3, -0.25) is 0 Å². The molecule has 1 aliphatic rings. The number of rotatable bonds is 3. The van der Waals surface area contributed by atoms with E-state index in [0.29, 0.717) is 0 Å². The van der Waals surface area contributed by atoms with Crippen LogP contribution in [-0.4, -0.2) is 9.78 Å². The van der Waals surface area contributed by atoms with Gasteiger partial charge >= 0.3 is 0 Å². The third-order valence-corrected chi connectivity index (χ3v) is 4.61. The highest BCUT2D eigenvalue weighted by molar-refractivity contribution is 5.86. The Kier molecular flexibility index (Phi) is 3.31. The average Bonchev–Trinajstić information content (AvgIpc) is 3.42. The monoisotopic (exact) mass is 343 g/mol. The summed E-state index contributed by atoms with van der Waals surface area (Å²) in [5.41, 5.74) is 4.07. The van der Waals surface area contributed by atoms with E-state index in [4.69, 9.17) is 13.9 Å². The molecule has 0 bridgehead atoms. The SMILES string of the molecule is Cc1nn2c(c1-c1ccccc1)NC(c1ccco1)=CC2c1ccco1. The first-order valence-electron chi connectivity index (χ1n) is 8.52. The number of allylic oxidation sites excluding steroid dienone is 1. The molecular formula is C21H17N3O2. The first-order chi connectivity index (χ1) is 12.8. The molecule has 1 aliphatic heterocycles. The number of aryl methyl sites for hydroxylation is 1. The lowest BCUT2D eigenvalue weighted by Gasteiger charge is -2.24. The van der Waals surface area contributed by atoms with Gasteiger partial charge in [-0.05, 0) is 42.8 Å². The molecule has 0 saturated heterocycles. The summed E-state index contributed by atoms with van der Waals surface area (Å²) in [6, 6.07) is 17.8. The molecule has 1 unspecified atom stereocenters. The number of nitrogens with one attached hydrogen (secondary N) is 1. The second-order valence-electron chi connectivity index (χ2n) is 6.26. The quantitative estimate of drug-likeness (QED) is 0.562. The Labute approximate surface area is 150 Å². The van der Waals surface area contributed by atoms with Gasteiger partial charge in [-0.15, -0.1) is 0 Å². The highest BCUT2D eigenvalue weighted by Gasteiger charge is 2.29. The third-order valence-electron chi connectivity index (χ3n) is 4.61. The van der Waals surface area contributed by atoms with Crippen molar-refractivity contribution >= 4 is 11.5 Å². The molecule has 128 valence electrons. The smallest absolute Gasteiger partial charge is 0.149 e. The molecule has 3 aromatic heterocycles. The largest absolute Gasteiger partial charge is 0.467 e. The molecular weight excluding hydrogens is 326 g/mol. The number of anilines is 1. The van der Waals surface area contributed by atoms with E-state index in [0.717, 1.165) is 39.9 Å². The van der Waals surface area contributed by atoms with Gasteiger partial charge in [0.1, 0.15) is 23.4 Å². The lowest BCUT2D eigenvalue weighted by Crippen LogP contribution is -2.19. The van der Waals surface area contributed by atoms with E-state index in [-0.39, 0.29) is 6.04 Å². The molecule has 4 heterocycles. The maximum Gasteiger partial charge on any atom is 0.149 e. The lowest BCUT2D eigenvalue weighted by atomic mass is 10.0. The highest BCUT2D eigenvalue weighted by atomic mass is 16.3. The van der Waals surface area contributed by atoms with Crippen molar-refractivity contribution in [1.29, 1.82) is 0 Å². The van der Waals surface area contributed by atoms with E-state index in [2.05, 4.69) is 23.5 Å². The van der Waals surface area contributed by atoms with Gasteiger partial charge in [-0.2, -0.15) is 5.10 Å². The zero-order chi connectivity index (χ0) is 17.5. The normalized spacial score (nSPS) is 16.0. The minimum Gasteiger partial charge on any atom is -0.467 e. The van der Waals surface area contributed by atoms with Crippen LogP contribution >= 0.6 is 0 Å². The average molecular weight is 343 g/mol. The van der Waals surface area contributed by atoms with Gasteiger partial charge in [0.05, 0.1) is 23.9 Å². The van der Waals surface area contributed by atoms with Crippen LogP contribution in [0.5, 0.6) is 0 Å². The van der Waals surface area contributed by atoms with Crippen LogP contribution in [0.15, 0.2) is 82.0 Å². The molecule has 0 saturated carbocycles. The predicted molar refractivity (Wildman–Crippen MR) is 99.6 cm³/mol. The van der Waals surface area contributed by atoms with Gasteiger partial charge < -0.3 is 14.2 Å². The fourth-order valence-electron chi connectivity index (χ4n) is 3.45. The molecule has 5 nitrogen and oxygen atoms in total. The Hall–Kier alpha value is -3.47. The van der Waals surface area contributed by atoms with E-state index < -0.39 is 0 Å². The number of fused-ring (bicyclic) bond motifs is 1. The van der Waals surface area contributed by atoms with E-state index in [1.807, 2.05) is 54.1 Å². The van der Waals surface area contributed by atoms with E-state index in [1.165, 1.54) is 0 Å². The van der Waals surface area contributed by atoms with Gasteiger partial charge in [-0.25, -0.2) is 4.68 Å². The molecule has 1 N–H and O–H groups in total. The Balaban J connectivity index is 1.71. The first kappa shape index (κ1) is 14.8. The van der Waals surface area contributed by atoms with E-state index in [9.17, 15) is 0 Å². The number of nitrogens with zero attached hydrogens (tertiary/aromatic N) is 2. The maximum atomic E-state index is 5.69. The lowest BCUT2D eigenvalue weighted by molar-refractivity contribution is 0.447. The van der Waals surface area contributed by atoms with Crippen molar-refractivity contribution in [2.45, 2.75) is 13.0 Å². The molecule has 0 fully saturated rings. The number of hydrogen-bond donors (Lipinski definition) is 1. The Morgan fingerprint density at radius 3 is 2.50 bits per heavy atom. The van der Waals surface area contributed by atoms with Crippen LogP contribution in [0.4, 0.5) is 5.82 Å². The first-order valence-corrected chi connectivity index (χ1v) is 8.52. The third kappa shape index (κ3) is 2.29. The van der Waals surface area contributed by atoms with Crippen molar-refractivity contribution in [2.24, 2.45) is 0 Å². The van der Waals surface area contributed by atoms with Crippen molar-refractivity contribution < 1.29 is 8.83 Å². The topological polar surface area (TPSA) is 56.1 Å². The van der Waals surface area contributed by atoms with Crippen LogP contribution in [0.3, 0.4) is 0 Å². The Morgan fingerprint density at radius 1 is 0.962 bits per heavy atom. The van der Waals surface area contributed by atoms with Crippen LogP contribution < -0.4 is 5.32 Å². The minimum absolute atomic E-state index is 0.141. The van der Waals surface area contributed by atoms with Crippen molar-refractivity contribution in [1.82, 2.24) is 9.78 Å². The molecule has 26 heavy (non-hydrogen) atoms. The summed E-state index contributed by atoms with van der Waals surface area (Å²) in [5, 5.41) is 8.31. The maximum absolute atomic E-state index is 5.69. The van der Waals surface area contributed by atoms with Gasteiger partial charge in [-0.1, -0.05) is 30.3 Å². The number of hydrogen-bond acceptors (Lipinski definition) is 4. The van der Waals surface area contributed by atoms with Crippen molar-refractivity contribution in [3.05, 3.63) is 90.4 Å². The summed E-state index contributed by atoms with van der Waals surface area (Å²) in [6.07, 6.45) is 5.44. The Morgan fingerprint density at radius 2 is 1.77 bits per heavy atom. The summed E-state index contributed by atoms with van der Waals surface area (Å²) >= 11 is 0. The van der Waals surface area contributed by atoms with Crippen molar-refractivity contribution in [2.75, 3.05) is 5.32 Å². The van der Waals surface area contributed by atoms with Crippen molar-refractivity contribution in [3.8, 4) is 11.1 Å². The molecule has 5 rings (SSSR count). The van der Waals surface area contributed by atoms with Crippen LogP contribution in [0.1, 0.15) is 23.3 Å². The standard InChI is InChI=1S/C21H17N3O2/c1-14-20(15-7-3-2-4-8-15)21-22-16(18-9-5-11-25-18)13-17(24(21)23-14)19-10-6-12-26-19/h2-13,17,22H,1H3. The fraction of sp³-hybridized carbons (Fsp3) is 0.0952. The molecule has 0 radical (unpaired) electrons. The number of aromatic nitrogens is 2. The molecule has 1 aromatic carbocycles. The summed E-state index contributed by atoms with van der Waals surface area (Å²) in [5.74, 6) is 2.55.